The van der Waals surface area contributed by atoms with Gasteiger partial charge in [0.25, 0.3) is 0 Å². The Labute approximate surface area is 137 Å². The zero-order chi connectivity index (χ0) is 16.7. The van der Waals surface area contributed by atoms with Crippen LogP contribution in [0.15, 0.2) is 55.1 Å². The van der Waals surface area contributed by atoms with Crippen molar-refractivity contribution < 1.29 is 20.1 Å². The molecule has 2 aromatic heterocycles. The minimum absolute atomic E-state index is 0.594. The maximum atomic E-state index is 10.5. The third kappa shape index (κ3) is 2.38. The van der Waals surface area contributed by atoms with Gasteiger partial charge in [-0.15, -0.1) is 0 Å². The summed E-state index contributed by atoms with van der Waals surface area (Å²) in [5.41, 5.74) is 1.21. The number of aliphatic hydroxyl groups is 3. The van der Waals surface area contributed by atoms with Crippen molar-refractivity contribution >= 4 is 11.0 Å². The summed E-state index contributed by atoms with van der Waals surface area (Å²) in [6, 6.07) is 10.7. The fraction of sp³-hybridized carbons (Fsp3) is 0.294. The molecule has 3 heterocycles. The van der Waals surface area contributed by atoms with Gasteiger partial charge in [-0.3, -0.25) is 0 Å². The molecule has 7 heteroatoms. The molecule has 5 atom stereocenters. The molecule has 1 fully saturated rings. The van der Waals surface area contributed by atoms with Crippen LogP contribution in [0.5, 0.6) is 0 Å². The van der Waals surface area contributed by atoms with Crippen molar-refractivity contribution in [2.75, 3.05) is 0 Å². The summed E-state index contributed by atoms with van der Waals surface area (Å²) >= 11 is 0. The first-order chi connectivity index (χ1) is 11.7. The molecule has 4 rings (SSSR count). The fourth-order valence-electron chi connectivity index (χ4n) is 3.12. The molecule has 3 aromatic rings. The number of ether oxygens (including phenoxy) is 1. The minimum Gasteiger partial charge on any atom is -0.387 e. The summed E-state index contributed by atoms with van der Waals surface area (Å²) in [6.07, 6.45) is -0.431. The Kier molecular flexibility index (Phi) is 3.78. The molecule has 1 saturated heterocycles. The predicted molar refractivity (Wildman–Crippen MR) is 84.9 cm³/mol. The molecule has 24 heavy (non-hydrogen) atoms. The Morgan fingerprint density at radius 1 is 1.08 bits per heavy atom. The molecule has 0 bridgehead atoms. The van der Waals surface area contributed by atoms with E-state index in [0.717, 1.165) is 5.39 Å². The molecule has 0 amide bonds. The van der Waals surface area contributed by atoms with E-state index in [1.165, 1.54) is 6.33 Å². The lowest BCUT2D eigenvalue weighted by Gasteiger charge is -2.21. The van der Waals surface area contributed by atoms with Crippen LogP contribution in [0, 0.1) is 0 Å². The Morgan fingerprint density at radius 2 is 1.88 bits per heavy atom. The second-order valence-electron chi connectivity index (χ2n) is 5.85. The van der Waals surface area contributed by atoms with E-state index in [0.29, 0.717) is 11.2 Å². The quantitative estimate of drug-likeness (QED) is 0.657. The summed E-state index contributed by atoms with van der Waals surface area (Å²) in [7, 11) is 0. The largest absolute Gasteiger partial charge is 0.387 e. The summed E-state index contributed by atoms with van der Waals surface area (Å²) in [5.74, 6) is 0. The average molecular weight is 327 g/mol. The van der Waals surface area contributed by atoms with Crippen LogP contribution in [0.2, 0.25) is 0 Å². The maximum absolute atomic E-state index is 10.5. The number of rotatable bonds is 3. The topological polar surface area (TPSA) is 101 Å². The van der Waals surface area contributed by atoms with E-state index in [9.17, 15) is 15.3 Å². The van der Waals surface area contributed by atoms with Gasteiger partial charge in [0.05, 0.1) is 0 Å². The zero-order valence-corrected chi connectivity index (χ0v) is 12.7. The normalized spacial score (nSPS) is 28.3. The van der Waals surface area contributed by atoms with Gasteiger partial charge in [-0.05, 0) is 11.6 Å². The Morgan fingerprint density at radius 3 is 2.67 bits per heavy atom. The highest BCUT2D eigenvalue weighted by Gasteiger charge is 2.47. The van der Waals surface area contributed by atoms with Gasteiger partial charge in [-0.1, -0.05) is 30.3 Å². The molecule has 1 unspecified atom stereocenters. The van der Waals surface area contributed by atoms with E-state index in [2.05, 4.69) is 9.97 Å². The first kappa shape index (κ1) is 15.2. The van der Waals surface area contributed by atoms with Crippen LogP contribution in [0.25, 0.3) is 11.0 Å². The SMILES string of the molecule is O[C@@H]1[C@H](O)C([C@H](O)c2ccccc2)O[C@H]1n1ccc2cncnc21. The van der Waals surface area contributed by atoms with Crippen LogP contribution in [0.3, 0.4) is 0 Å². The molecule has 0 aliphatic carbocycles. The van der Waals surface area contributed by atoms with Crippen LogP contribution >= 0.6 is 0 Å². The van der Waals surface area contributed by atoms with Gasteiger partial charge in [0.15, 0.2) is 6.23 Å². The van der Waals surface area contributed by atoms with E-state index in [-0.39, 0.29) is 0 Å². The maximum Gasteiger partial charge on any atom is 0.164 e. The lowest BCUT2D eigenvalue weighted by Crippen LogP contribution is -2.34. The van der Waals surface area contributed by atoms with Crippen molar-refractivity contribution in [3.05, 3.63) is 60.7 Å². The van der Waals surface area contributed by atoms with Crippen LogP contribution in [-0.4, -0.2) is 48.2 Å². The highest BCUT2D eigenvalue weighted by atomic mass is 16.6. The number of hydrogen-bond donors (Lipinski definition) is 3. The molecule has 1 aromatic carbocycles. The van der Waals surface area contributed by atoms with Crippen LogP contribution in [-0.2, 0) is 4.74 Å². The highest BCUT2D eigenvalue weighted by Crippen LogP contribution is 2.37. The summed E-state index contributed by atoms with van der Waals surface area (Å²) in [6.45, 7) is 0. The average Bonchev–Trinajstić information content (AvgIpc) is 3.17. The number of aliphatic hydroxyl groups excluding tert-OH is 3. The zero-order valence-electron chi connectivity index (χ0n) is 12.7. The molecular formula is C17H17N3O4. The van der Waals surface area contributed by atoms with Gasteiger partial charge in [-0.25, -0.2) is 9.97 Å². The van der Waals surface area contributed by atoms with E-state index >= 15 is 0 Å². The molecular weight excluding hydrogens is 310 g/mol. The molecule has 1 aliphatic heterocycles. The predicted octanol–water partition coefficient (Wildman–Crippen LogP) is 0.784. The van der Waals surface area contributed by atoms with Gasteiger partial charge in [0.2, 0.25) is 0 Å². The van der Waals surface area contributed by atoms with Crippen molar-refractivity contribution in [1.29, 1.82) is 0 Å². The molecule has 7 nitrogen and oxygen atoms in total. The second-order valence-corrected chi connectivity index (χ2v) is 5.85. The highest BCUT2D eigenvalue weighted by molar-refractivity contribution is 5.74. The van der Waals surface area contributed by atoms with Crippen molar-refractivity contribution in [1.82, 2.24) is 14.5 Å². The van der Waals surface area contributed by atoms with E-state index in [1.807, 2.05) is 6.07 Å². The van der Waals surface area contributed by atoms with Crippen LogP contribution in [0.4, 0.5) is 0 Å². The number of aromatic nitrogens is 3. The van der Waals surface area contributed by atoms with Gasteiger partial charge >= 0.3 is 0 Å². The lowest BCUT2D eigenvalue weighted by molar-refractivity contribution is -0.0848. The third-order valence-electron chi connectivity index (χ3n) is 4.38. The second kappa shape index (κ2) is 5.95. The number of hydrogen-bond acceptors (Lipinski definition) is 6. The summed E-state index contributed by atoms with van der Waals surface area (Å²) in [5, 5.41) is 32.1. The van der Waals surface area contributed by atoms with Gasteiger partial charge in [0.1, 0.15) is 36.4 Å². The Balaban J connectivity index is 1.65. The molecule has 0 saturated carbocycles. The van der Waals surface area contributed by atoms with Crippen LogP contribution in [0.1, 0.15) is 17.9 Å². The molecule has 3 N–H and O–H groups in total. The van der Waals surface area contributed by atoms with Crippen molar-refractivity contribution in [3.63, 3.8) is 0 Å². The number of nitrogens with zero attached hydrogens (tertiary/aromatic N) is 3. The molecule has 124 valence electrons. The molecule has 1 aliphatic rings. The minimum atomic E-state index is -1.22. The van der Waals surface area contributed by atoms with Crippen molar-refractivity contribution in [3.8, 4) is 0 Å². The Bertz CT molecular complexity index is 838. The smallest absolute Gasteiger partial charge is 0.164 e. The fourth-order valence-corrected chi connectivity index (χ4v) is 3.12. The van der Waals surface area contributed by atoms with E-state index < -0.39 is 30.6 Å². The molecule has 0 spiro atoms. The van der Waals surface area contributed by atoms with Crippen molar-refractivity contribution in [2.45, 2.75) is 30.6 Å². The number of fused-ring (bicyclic) bond motifs is 1. The van der Waals surface area contributed by atoms with E-state index in [4.69, 9.17) is 4.74 Å². The summed E-state index contributed by atoms with van der Waals surface area (Å²) < 4.78 is 7.45. The van der Waals surface area contributed by atoms with Gasteiger partial charge in [0, 0.05) is 17.8 Å². The Hall–Kier alpha value is -2.32. The third-order valence-corrected chi connectivity index (χ3v) is 4.38. The summed E-state index contributed by atoms with van der Waals surface area (Å²) in [4.78, 5) is 8.14. The first-order valence-corrected chi connectivity index (χ1v) is 7.68. The number of benzene rings is 1. The van der Waals surface area contributed by atoms with Crippen LogP contribution < -0.4 is 0 Å². The van der Waals surface area contributed by atoms with Gasteiger partial charge < -0.3 is 24.6 Å². The van der Waals surface area contributed by atoms with E-state index in [1.54, 1.807) is 47.3 Å². The monoisotopic (exact) mass is 327 g/mol. The molecule has 0 radical (unpaired) electrons. The van der Waals surface area contributed by atoms with Gasteiger partial charge in [-0.2, -0.15) is 0 Å². The lowest BCUT2D eigenvalue weighted by atomic mass is 9.99. The van der Waals surface area contributed by atoms with Crippen molar-refractivity contribution in [2.24, 2.45) is 0 Å². The first-order valence-electron chi connectivity index (χ1n) is 7.68. The standard InChI is InChI=1S/C17H17N3O4/c21-12(10-4-2-1-3-5-10)15-13(22)14(23)17(24-15)20-7-6-11-8-18-9-19-16(11)20/h1-9,12-15,17,21-23H/t12-,13+,14-,15?,17-/m1/s1.